The van der Waals surface area contributed by atoms with Gasteiger partial charge >= 0.3 is 0 Å². The number of nitrogens with two attached hydrogens (primary N) is 2. The van der Waals surface area contributed by atoms with E-state index in [4.69, 9.17) is 11.5 Å². The molecule has 0 atom stereocenters. The van der Waals surface area contributed by atoms with Crippen molar-refractivity contribution in [3.05, 3.63) is 0 Å². The summed E-state index contributed by atoms with van der Waals surface area (Å²) in [5.41, 5.74) is 11.6. The first-order valence-electron chi connectivity index (χ1n) is 7.71. The zero-order valence-electron chi connectivity index (χ0n) is 11.7. The molecule has 1 fully saturated rings. The highest BCUT2D eigenvalue weighted by Crippen LogP contribution is 2.35. The predicted octanol–water partition coefficient (Wildman–Crippen LogP) is 3.30. The molecule has 0 aromatic rings. The van der Waals surface area contributed by atoms with Crippen LogP contribution in [0.3, 0.4) is 0 Å². The largest absolute Gasteiger partial charge is 0.330 e. The van der Waals surface area contributed by atoms with Crippen LogP contribution in [0.15, 0.2) is 0 Å². The van der Waals surface area contributed by atoms with Crippen molar-refractivity contribution in [1.82, 2.24) is 0 Å². The molecule has 1 rings (SSSR count). The zero-order chi connectivity index (χ0) is 12.5. The molecule has 4 N–H and O–H groups in total. The SMILES string of the molecule is CCCCCCC1CCC(C(CN)CN)CC1. The lowest BCUT2D eigenvalue weighted by molar-refractivity contribution is 0.202. The van der Waals surface area contributed by atoms with E-state index in [1.54, 1.807) is 0 Å². The quantitative estimate of drug-likeness (QED) is 0.640. The Morgan fingerprint density at radius 1 is 0.941 bits per heavy atom. The molecule has 1 aliphatic rings. The normalized spacial score (nSPS) is 25.4. The summed E-state index contributed by atoms with van der Waals surface area (Å²) in [4.78, 5) is 0. The maximum absolute atomic E-state index is 5.78. The maximum atomic E-state index is 5.78. The summed E-state index contributed by atoms with van der Waals surface area (Å²) in [6.07, 6.45) is 12.7. The average Bonchev–Trinajstić information content (AvgIpc) is 2.38. The summed E-state index contributed by atoms with van der Waals surface area (Å²) < 4.78 is 0. The third-order valence-corrected chi connectivity index (χ3v) is 4.63. The zero-order valence-corrected chi connectivity index (χ0v) is 11.7. The number of hydrogen-bond acceptors (Lipinski definition) is 2. The minimum Gasteiger partial charge on any atom is -0.330 e. The van der Waals surface area contributed by atoms with Crippen LogP contribution in [0.1, 0.15) is 64.7 Å². The summed E-state index contributed by atoms with van der Waals surface area (Å²) in [5.74, 6) is 2.40. The molecular weight excluding hydrogens is 208 g/mol. The van der Waals surface area contributed by atoms with Crippen LogP contribution in [-0.4, -0.2) is 13.1 Å². The van der Waals surface area contributed by atoms with Crippen LogP contribution in [0, 0.1) is 17.8 Å². The lowest BCUT2D eigenvalue weighted by atomic mass is 9.74. The molecule has 0 unspecified atom stereocenters. The van der Waals surface area contributed by atoms with Crippen LogP contribution in [-0.2, 0) is 0 Å². The molecular formula is C15H32N2. The Labute approximate surface area is 108 Å². The van der Waals surface area contributed by atoms with Gasteiger partial charge in [0, 0.05) is 0 Å². The van der Waals surface area contributed by atoms with Crippen molar-refractivity contribution < 1.29 is 0 Å². The second-order valence-electron chi connectivity index (χ2n) is 5.86. The average molecular weight is 240 g/mol. The highest BCUT2D eigenvalue weighted by molar-refractivity contribution is 4.78. The first kappa shape index (κ1) is 15.0. The van der Waals surface area contributed by atoms with E-state index in [1.807, 2.05) is 0 Å². The molecule has 0 aromatic heterocycles. The molecule has 0 radical (unpaired) electrons. The molecule has 0 bridgehead atoms. The highest BCUT2D eigenvalue weighted by atomic mass is 14.6. The van der Waals surface area contributed by atoms with Crippen molar-refractivity contribution in [2.45, 2.75) is 64.7 Å². The van der Waals surface area contributed by atoms with Crippen LogP contribution < -0.4 is 11.5 Å². The Bertz CT molecular complexity index is 170. The Morgan fingerprint density at radius 2 is 1.59 bits per heavy atom. The number of hydrogen-bond donors (Lipinski definition) is 2. The molecule has 1 saturated carbocycles. The molecule has 17 heavy (non-hydrogen) atoms. The van der Waals surface area contributed by atoms with Gasteiger partial charge in [0.15, 0.2) is 0 Å². The van der Waals surface area contributed by atoms with Gasteiger partial charge < -0.3 is 11.5 Å². The fraction of sp³-hybridized carbons (Fsp3) is 1.00. The fourth-order valence-corrected chi connectivity index (χ4v) is 3.29. The van der Waals surface area contributed by atoms with Crippen LogP contribution in [0.25, 0.3) is 0 Å². The molecule has 0 aromatic carbocycles. The van der Waals surface area contributed by atoms with E-state index in [0.29, 0.717) is 5.92 Å². The summed E-state index contributed by atoms with van der Waals surface area (Å²) >= 11 is 0. The van der Waals surface area contributed by atoms with Gasteiger partial charge in [0.25, 0.3) is 0 Å². The number of rotatable bonds is 8. The predicted molar refractivity (Wildman–Crippen MR) is 75.8 cm³/mol. The van der Waals surface area contributed by atoms with E-state index in [-0.39, 0.29) is 0 Å². The standard InChI is InChI=1S/C15H32N2/c1-2-3-4-5-6-13-7-9-14(10-8-13)15(11-16)12-17/h13-15H,2-12,16-17H2,1H3. The summed E-state index contributed by atoms with van der Waals surface area (Å²) in [6, 6.07) is 0. The van der Waals surface area contributed by atoms with Gasteiger partial charge in [0.1, 0.15) is 0 Å². The van der Waals surface area contributed by atoms with Gasteiger partial charge in [-0.05, 0) is 43.7 Å². The fourth-order valence-electron chi connectivity index (χ4n) is 3.29. The first-order valence-corrected chi connectivity index (χ1v) is 7.71. The Morgan fingerprint density at radius 3 is 2.12 bits per heavy atom. The van der Waals surface area contributed by atoms with Crippen molar-refractivity contribution in [1.29, 1.82) is 0 Å². The molecule has 2 nitrogen and oxygen atoms in total. The first-order chi connectivity index (χ1) is 8.31. The Balaban J connectivity index is 2.12. The van der Waals surface area contributed by atoms with Crippen molar-refractivity contribution in [2.24, 2.45) is 29.2 Å². The van der Waals surface area contributed by atoms with Gasteiger partial charge in [0.2, 0.25) is 0 Å². The maximum Gasteiger partial charge on any atom is -0.00341 e. The second kappa shape index (κ2) is 8.93. The van der Waals surface area contributed by atoms with Gasteiger partial charge in [-0.3, -0.25) is 0 Å². The molecule has 102 valence electrons. The number of unbranched alkanes of at least 4 members (excludes halogenated alkanes) is 3. The Kier molecular flexibility index (Phi) is 7.87. The van der Waals surface area contributed by atoms with E-state index < -0.39 is 0 Å². The van der Waals surface area contributed by atoms with E-state index in [2.05, 4.69) is 6.92 Å². The smallest absolute Gasteiger partial charge is 0.00341 e. The minimum absolute atomic E-state index is 0.580. The van der Waals surface area contributed by atoms with Gasteiger partial charge in [-0.25, -0.2) is 0 Å². The lowest BCUT2D eigenvalue weighted by Crippen LogP contribution is -2.32. The lowest BCUT2D eigenvalue weighted by Gasteiger charge is -2.33. The molecule has 0 spiro atoms. The van der Waals surface area contributed by atoms with Gasteiger partial charge in [-0.15, -0.1) is 0 Å². The van der Waals surface area contributed by atoms with Crippen LogP contribution >= 0.6 is 0 Å². The van der Waals surface area contributed by atoms with Crippen molar-refractivity contribution in [3.63, 3.8) is 0 Å². The van der Waals surface area contributed by atoms with E-state index in [1.165, 1.54) is 57.8 Å². The topological polar surface area (TPSA) is 52.0 Å². The van der Waals surface area contributed by atoms with Crippen molar-refractivity contribution >= 4 is 0 Å². The molecule has 2 heteroatoms. The van der Waals surface area contributed by atoms with Crippen molar-refractivity contribution in [2.75, 3.05) is 13.1 Å². The highest BCUT2D eigenvalue weighted by Gasteiger charge is 2.25. The second-order valence-corrected chi connectivity index (χ2v) is 5.86. The van der Waals surface area contributed by atoms with Gasteiger partial charge in [-0.1, -0.05) is 51.9 Å². The van der Waals surface area contributed by atoms with Crippen LogP contribution in [0.2, 0.25) is 0 Å². The van der Waals surface area contributed by atoms with Crippen molar-refractivity contribution in [3.8, 4) is 0 Å². The third kappa shape index (κ3) is 5.39. The van der Waals surface area contributed by atoms with E-state index in [9.17, 15) is 0 Å². The van der Waals surface area contributed by atoms with Crippen LogP contribution in [0.4, 0.5) is 0 Å². The molecule has 0 amide bonds. The summed E-state index contributed by atoms with van der Waals surface area (Å²) in [7, 11) is 0. The monoisotopic (exact) mass is 240 g/mol. The summed E-state index contributed by atoms with van der Waals surface area (Å²) in [5, 5.41) is 0. The van der Waals surface area contributed by atoms with E-state index >= 15 is 0 Å². The molecule has 1 aliphatic carbocycles. The Hall–Kier alpha value is -0.0800. The minimum atomic E-state index is 0.580. The van der Waals surface area contributed by atoms with Gasteiger partial charge in [0.05, 0.1) is 0 Å². The van der Waals surface area contributed by atoms with E-state index in [0.717, 1.165) is 24.9 Å². The van der Waals surface area contributed by atoms with Gasteiger partial charge in [-0.2, -0.15) is 0 Å². The third-order valence-electron chi connectivity index (χ3n) is 4.63. The summed E-state index contributed by atoms with van der Waals surface area (Å²) in [6.45, 7) is 3.84. The molecule has 0 saturated heterocycles. The van der Waals surface area contributed by atoms with Crippen LogP contribution in [0.5, 0.6) is 0 Å². The molecule has 0 heterocycles. The molecule has 0 aliphatic heterocycles.